The van der Waals surface area contributed by atoms with Crippen molar-refractivity contribution in [2.24, 2.45) is 0 Å². The minimum Gasteiger partial charge on any atom is -0.231 e. The molecule has 0 aliphatic heterocycles. The Bertz CT molecular complexity index is 962. The van der Waals surface area contributed by atoms with Crippen molar-refractivity contribution in [3.63, 3.8) is 0 Å². The molecule has 0 spiro atoms. The van der Waals surface area contributed by atoms with E-state index in [2.05, 4.69) is 19.9 Å². The van der Waals surface area contributed by atoms with Crippen LogP contribution in [0.4, 0.5) is 26.3 Å². The van der Waals surface area contributed by atoms with Crippen LogP contribution in [-0.4, -0.2) is 19.9 Å². The molecule has 4 nitrogen and oxygen atoms in total. The van der Waals surface area contributed by atoms with Crippen LogP contribution in [0.15, 0.2) is 64.1 Å². The van der Waals surface area contributed by atoms with E-state index < -0.39 is 23.6 Å². The van der Waals surface area contributed by atoms with E-state index in [1.165, 1.54) is 24.5 Å². The maximum absolute atomic E-state index is 13.2. The number of hydrogen-bond donors (Lipinski definition) is 0. The predicted molar refractivity (Wildman–Crippen MR) is 94.2 cm³/mol. The molecule has 12 heteroatoms. The van der Waals surface area contributed by atoms with E-state index in [1.807, 2.05) is 0 Å². The molecule has 0 N–H and O–H groups in total. The van der Waals surface area contributed by atoms with Crippen LogP contribution in [0.2, 0.25) is 0 Å². The summed E-state index contributed by atoms with van der Waals surface area (Å²) in [4.78, 5) is 15.4. The minimum atomic E-state index is -4.68. The number of nitrogens with zero attached hydrogens (tertiary/aromatic N) is 4. The van der Waals surface area contributed by atoms with Gasteiger partial charge >= 0.3 is 12.4 Å². The van der Waals surface area contributed by atoms with Crippen molar-refractivity contribution in [2.75, 3.05) is 0 Å². The zero-order chi connectivity index (χ0) is 21.1. The highest BCUT2D eigenvalue weighted by Gasteiger charge is 2.34. The smallest absolute Gasteiger partial charge is 0.231 e. The van der Waals surface area contributed by atoms with E-state index >= 15 is 0 Å². The monoisotopic (exact) mass is 448 g/mol. The average molecular weight is 448 g/mol. The van der Waals surface area contributed by atoms with E-state index in [1.54, 1.807) is 6.07 Å². The van der Waals surface area contributed by atoms with E-state index in [0.29, 0.717) is 5.56 Å². The third kappa shape index (κ3) is 6.07. The summed E-state index contributed by atoms with van der Waals surface area (Å²) < 4.78 is 77.3. The van der Waals surface area contributed by atoms with Crippen LogP contribution in [0, 0.1) is 0 Å². The second kappa shape index (κ2) is 8.57. The molecule has 0 aliphatic rings. The van der Waals surface area contributed by atoms with Crippen molar-refractivity contribution in [3.05, 3.63) is 65.6 Å². The topological polar surface area (TPSA) is 51.6 Å². The molecule has 0 aliphatic carbocycles. The number of thioether (sulfide) groups is 1. The third-order valence-corrected chi connectivity index (χ3v) is 5.09. The first-order chi connectivity index (χ1) is 13.6. The summed E-state index contributed by atoms with van der Waals surface area (Å²) in [6.45, 7) is 0. The molecule has 0 saturated heterocycles. The van der Waals surface area contributed by atoms with Gasteiger partial charge in [-0.05, 0) is 35.5 Å². The molecule has 3 rings (SSSR count). The summed E-state index contributed by atoms with van der Waals surface area (Å²) in [6, 6.07) is 6.71. The fourth-order valence-corrected chi connectivity index (χ4v) is 3.62. The number of aromatic nitrogens is 4. The van der Waals surface area contributed by atoms with Crippen molar-refractivity contribution >= 4 is 23.5 Å². The van der Waals surface area contributed by atoms with E-state index in [9.17, 15) is 26.3 Å². The van der Waals surface area contributed by atoms with E-state index in [4.69, 9.17) is 0 Å². The van der Waals surface area contributed by atoms with Crippen molar-refractivity contribution in [1.29, 1.82) is 0 Å². The van der Waals surface area contributed by atoms with Crippen LogP contribution in [-0.2, 0) is 18.1 Å². The highest BCUT2D eigenvalue weighted by atomic mass is 32.2. The summed E-state index contributed by atoms with van der Waals surface area (Å²) in [5.74, 6) is 0.103. The first kappa shape index (κ1) is 21.4. The number of halogens is 6. The maximum atomic E-state index is 13.2. The van der Waals surface area contributed by atoms with Crippen molar-refractivity contribution < 1.29 is 26.3 Å². The van der Waals surface area contributed by atoms with Gasteiger partial charge in [-0.25, -0.2) is 19.9 Å². The number of alkyl halides is 6. The first-order valence-electron chi connectivity index (χ1n) is 7.81. The van der Waals surface area contributed by atoms with Gasteiger partial charge in [-0.15, -0.1) is 0 Å². The van der Waals surface area contributed by atoms with Gasteiger partial charge in [0.1, 0.15) is 10.7 Å². The molecule has 0 bridgehead atoms. The van der Waals surface area contributed by atoms with Gasteiger partial charge < -0.3 is 0 Å². The van der Waals surface area contributed by atoms with Gasteiger partial charge in [0.2, 0.25) is 0 Å². The molecule has 29 heavy (non-hydrogen) atoms. The third-order valence-electron chi connectivity index (χ3n) is 3.36. The van der Waals surface area contributed by atoms with E-state index in [0.717, 1.165) is 41.7 Å². The normalized spacial score (nSPS) is 12.2. The largest absolute Gasteiger partial charge is 0.433 e. The SMILES string of the molecule is FC(F)(F)c1ccc(CSc2nc(Sc3ncccn3)cc(C(F)(F)F)n2)cc1. The fourth-order valence-electron chi connectivity index (χ4n) is 2.04. The van der Waals surface area contributed by atoms with Gasteiger partial charge in [0.05, 0.1) is 5.56 Å². The Morgan fingerprint density at radius 3 is 2.03 bits per heavy atom. The van der Waals surface area contributed by atoms with Gasteiger partial charge in [-0.3, -0.25) is 0 Å². The molecule has 0 amide bonds. The van der Waals surface area contributed by atoms with Gasteiger partial charge in [0, 0.05) is 24.2 Å². The maximum Gasteiger partial charge on any atom is 0.433 e. The molecule has 1 aromatic carbocycles. The molecule has 0 unspecified atom stereocenters. The second-order valence-corrected chi connectivity index (χ2v) is 7.42. The summed E-state index contributed by atoms with van der Waals surface area (Å²) >= 11 is 1.73. The Labute approximate surface area is 169 Å². The van der Waals surface area contributed by atoms with Crippen LogP contribution in [0.3, 0.4) is 0 Å². The predicted octanol–water partition coefficient (Wildman–Crippen LogP) is 5.75. The van der Waals surface area contributed by atoms with Gasteiger partial charge in [0.25, 0.3) is 0 Å². The van der Waals surface area contributed by atoms with Crippen LogP contribution in [0.5, 0.6) is 0 Å². The quantitative estimate of drug-likeness (QED) is 0.215. The van der Waals surface area contributed by atoms with Crippen LogP contribution < -0.4 is 0 Å². The van der Waals surface area contributed by atoms with Crippen molar-refractivity contribution in [3.8, 4) is 0 Å². The molecule has 2 aromatic heterocycles. The van der Waals surface area contributed by atoms with Gasteiger partial charge in [0.15, 0.2) is 10.3 Å². The summed E-state index contributed by atoms with van der Waals surface area (Å²) in [5, 5.41) is 0.0737. The molecule has 0 fully saturated rings. The fraction of sp³-hybridized carbons (Fsp3) is 0.176. The molecule has 0 atom stereocenters. The molecule has 152 valence electrons. The summed E-state index contributed by atoms with van der Waals surface area (Å²) in [6.07, 6.45) is -6.25. The lowest BCUT2D eigenvalue weighted by molar-refractivity contribution is -0.142. The Morgan fingerprint density at radius 1 is 0.793 bits per heavy atom. The minimum absolute atomic E-state index is 0.00782. The first-order valence-corrected chi connectivity index (χ1v) is 9.61. The molecule has 0 saturated carbocycles. The van der Waals surface area contributed by atoms with Gasteiger partial charge in [-0.1, -0.05) is 23.9 Å². The molecular formula is C17H10F6N4S2. The number of rotatable bonds is 5. The molecule has 0 radical (unpaired) electrons. The Kier molecular flexibility index (Phi) is 6.32. The highest BCUT2D eigenvalue weighted by molar-refractivity contribution is 7.99. The van der Waals surface area contributed by atoms with E-state index in [-0.39, 0.29) is 21.1 Å². The average Bonchev–Trinajstić information content (AvgIpc) is 2.66. The lowest BCUT2D eigenvalue weighted by Crippen LogP contribution is -2.10. The van der Waals surface area contributed by atoms with Crippen LogP contribution >= 0.6 is 23.5 Å². The summed E-state index contributed by atoms with van der Waals surface area (Å²) in [7, 11) is 0. The zero-order valence-corrected chi connectivity index (χ0v) is 15.8. The second-order valence-electron chi connectivity index (χ2n) is 5.49. The Hall–Kier alpha value is -2.34. The van der Waals surface area contributed by atoms with Crippen molar-refractivity contribution in [2.45, 2.75) is 33.4 Å². The lowest BCUT2D eigenvalue weighted by Gasteiger charge is -2.10. The number of hydrogen-bond acceptors (Lipinski definition) is 6. The standard InChI is InChI=1S/C17H10F6N4S2/c18-16(19,20)11-4-2-10(3-5-11)9-28-15-26-12(17(21,22)23)8-13(27-15)29-14-24-6-1-7-25-14/h1-8H,9H2. The molecule has 2 heterocycles. The number of benzene rings is 1. The van der Waals surface area contributed by atoms with Crippen LogP contribution in [0.25, 0.3) is 0 Å². The lowest BCUT2D eigenvalue weighted by atomic mass is 10.1. The molecule has 3 aromatic rings. The zero-order valence-electron chi connectivity index (χ0n) is 14.2. The highest BCUT2D eigenvalue weighted by Crippen LogP contribution is 2.34. The summed E-state index contributed by atoms with van der Waals surface area (Å²) in [5.41, 5.74) is -1.44. The van der Waals surface area contributed by atoms with Gasteiger partial charge in [-0.2, -0.15) is 26.3 Å². The molecular weight excluding hydrogens is 438 g/mol. The Balaban J connectivity index is 1.79. The van der Waals surface area contributed by atoms with Crippen molar-refractivity contribution in [1.82, 2.24) is 19.9 Å². The van der Waals surface area contributed by atoms with Crippen LogP contribution in [0.1, 0.15) is 16.8 Å². The Morgan fingerprint density at radius 2 is 1.45 bits per heavy atom.